The van der Waals surface area contributed by atoms with Gasteiger partial charge in [0.2, 0.25) is 0 Å². The van der Waals surface area contributed by atoms with Crippen LogP contribution in [0, 0.1) is 6.92 Å². The van der Waals surface area contributed by atoms with Crippen molar-refractivity contribution >= 4 is 28.5 Å². The Morgan fingerprint density at radius 3 is 2.75 bits per heavy atom. The zero-order valence-electron chi connectivity index (χ0n) is 9.12. The van der Waals surface area contributed by atoms with Crippen LogP contribution in [0.15, 0.2) is 18.2 Å². The van der Waals surface area contributed by atoms with Gasteiger partial charge < -0.3 is 9.67 Å². The molecule has 16 heavy (non-hydrogen) atoms. The van der Waals surface area contributed by atoms with Gasteiger partial charge in [-0.3, -0.25) is 0 Å². The van der Waals surface area contributed by atoms with Gasteiger partial charge in [-0.05, 0) is 31.5 Å². The number of halogens is 1. The topological polar surface area (TPSA) is 42.2 Å². The van der Waals surface area contributed by atoms with E-state index in [0.717, 1.165) is 16.5 Å². The maximum atomic E-state index is 11.1. The summed E-state index contributed by atoms with van der Waals surface area (Å²) < 4.78 is 1.78. The van der Waals surface area contributed by atoms with E-state index in [-0.39, 0.29) is 5.69 Å². The van der Waals surface area contributed by atoms with Gasteiger partial charge in [-0.15, -0.1) is 0 Å². The minimum Gasteiger partial charge on any atom is -0.477 e. The van der Waals surface area contributed by atoms with Gasteiger partial charge in [0.1, 0.15) is 5.69 Å². The third-order valence-corrected chi connectivity index (χ3v) is 3.07. The number of rotatable bonds is 2. The summed E-state index contributed by atoms with van der Waals surface area (Å²) in [5.74, 6) is -0.923. The van der Waals surface area contributed by atoms with E-state index in [9.17, 15) is 4.79 Å². The highest BCUT2D eigenvalue weighted by molar-refractivity contribution is 6.35. The normalized spacial score (nSPS) is 10.9. The predicted octanol–water partition coefficient (Wildman–Crippen LogP) is 3.32. The molecule has 84 valence electrons. The largest absolute Gasteiger partial charge is 0.477 e. The highest BCUT2D eigenvalue weighted by Crippen LogP contribution is 2.29. The zero-order chi connectivity index (χ0) is 11.9. The summed E-state index contributed by atoms with van der Waals surface area (Å²) >= 11 is 6.07. The predicted molar refractivity (Wildman–Crippen MR) is 64.3 cm³/mol. The molecule has 0 amide bonds. The van der Waals surface area contributed by atoms with Crippen LogP contribution in [-0.2, 0) is 6.54 Å². The molecule has 4 heteroatoms. The fourth-order valence-corrected chi connectivity index (χ4v) is 2.24. The number of nitrogens with zero attached hydrogens (tertiary/aromatic N) is 1. The smallest absolute Gasteiger partial charge is 0.352 e. The van der Waals surface area contributed by atoms with E-state index in [1.807, 2.05) is 19.9 Å². The molecule has 1 aromatic heterocycles. The number of hydrogen-bond donors (Lipinski definition) is 1. The number of carbonyl (C=O) groups is 1. The average molecular weight is 238 g/mol. The summed E-state index contributed by atoms with van der Waals surface area (Å²) in [7, 11) is 0. The van der Waals surface area contributed by atoms with Crippen molar-refractivity contribution in [3.63, 3.8) is 0 Å². The summed E-state index contributed by atoms with van der Waals surface area (Å²) in [6.07, 6.45) is 0. The van der Waals surface area contributed by atoms with E-state index < -0.39 is 5.97 Å². The molecule has 2 rings (SSSR count). The molecular weight excluding hydrogens is 226 g/mol. The molecule has 0 spiro atoms. The Morgan fingerprint density at radius 1 is 1.50 bits per heavy atom. The van der Waals surface area contributed by atoms with E-state index in [4.69, 9.17) is 16.7 Å². The van der Waals surface area contributed by atoms with Gasteiger partial charge in [-0.1, -0.05) is 17.7 Å². The van der Waals surface area contributed by atoms with Crippen molar-refractivity contribution in [2.45, 2.75) is 20.4 Å². The van der Waals surface area contributed by atoms with Crippen molar-refractivity contribution in [3.8, 4) is 0 Å². The number of aromatic nitrogens is 1. The third-order valence-electron chi connectivity index (χ3n) is 2.74. The van der Waals surface area contributed by atoms with Crippen LogP contribution in [-0.4, -0.2) is 15.6 Å². The lowest BCUT2D eigenvalue weighted by Gasteiger charge is -2.06. The quantitative estimate of drug-likeness (QED) is 0.871. The fourth-order valence-electron chi connectivity index (χ4n) is 2.03. The van der Waals surface area contributed by atoms with Crippen LogP contribution in [0.5, 0.6) is 0 Å². The van der Waals surface area contributed by atoms with Crippen molar-refractivity contribution in [2.75, 3.05) is 0 Å². The molecule has 0 saturated carbocycles. The Hall–Kier alpha value is -1.48. The van der Waals surface area contributed by atoms with Gasteiger partial charge in [0.15, 0.2) is 0 Å². The number of carboxylic acids is 1. The highest BCUT2D eigenvalue weighted by Gasteiger charge is 2.16. The number of hydrogen-bond acceptors (Lipinski definition) is 1. The van der Waals surface area contributed by atoms with E-state index in [0.29, 0.717) is 11.6 Å². The van der Waals surface area contributed by atoms with Gasteiger partial charge in [0.25, 0.3) is 0 Å². The molecule has 0 aliphatic rings. The lowest BCUT2D eigenvalue weighted by atomic mass is 10.1. The maximum Gasteiger partial charge on any atom is 0.352 e. The molecule has 0 bridgehead atoms. The SMILES string of the molecule is CCn1c(C(=O)O)cc2c(Cl)ccc(C)c21. The molecule has 2 aromatic rings. The van der Waals surface area contributed by atoms with Crippen molar-refractivity contribution in [3.05, 3.63) is 34.5 Å². The lowest BCUT2D eigenvalue weighted by Crippen LogP contribution is -2.07. The number of benzene rings is 1. The van der Waals surface area contributed by atoms with Crippen molar-refractivity contribution in [1.82, 2.24) is 4.57 Å². The molecule has 1 heterocycles. The Balaban J connectivity index is 2.92. The summed E-state index contributed by atoms with van der Waals surface area (Å²) in [6, 6.07) is 5.34. The fraction of sp³-hybridized carbons (Fsp3) is 0.250. The standard InChI is InChI=1S/C12H12ClNO2/c1-3-14-10(12(15)16)6-8-9(13)5-4-7(2)11(8)14/h4-6H,3H2,1-2H3,(H,15,16). The molecule has 0 fully saturated rings. The van der Waals surface area contributed by atoms with Gasteiger partial charge in [-0.25, -0.2) is 4.79 Å². The molecule has 0 atom stereocenters. The van der Waals surface area contributed by atoms with Crippen LogP contribution in [0.2, 0.25) is 5.02 Å². The summed E-state index contributed by atoms with van der Waals surface area (Å²) in [5, 5.41) is 10.5. The first-order valence-electron chi connectivity index (χ1n) is 5.08. The van der Waals surface area contributed by atoms with Crippen molar-refractivity contribution < 1.29 is 9.90 Å². The minimum absolute atomic E-state index is 0.286. The van der Waals surface area contributed by atoms with Crippen LogP contribution in [0.1, 0.15) is 23.0 Å². The van der Waals surface area contributed by atoms with Gasteiger partial charge in [0.05, 0.1) is 5.52 Å². The monoisotopic (exact) mass is 237 g/mol. The summed E-state index contributed by atoms with van der Waals surface area (Å²) in [4.78, 5) is 11.1. The van der Waals surface area contributed by atoms with Crippen LogP contribution >= 0.6 is 11.6 Å². The number of carboxylic acid groups (broad SMARTS) is 1. The Morgan fingerprint density at radius 2 is 2.19 bits per heavy atom. The van der Waals surface area contributed by atoms with Crippen LogP contribution in [0.25, 0.3) is 10.9 Å². The lowest BCUT2D eigenvalue weighted by molar-refractivity contribution is 0.0686. The zero-order valence-corrected chi connectivity index (χ0v) is 9.88. The second-order valence-electron chi connectivity index (χ2n) is 3.71. The molecule has 3 nitrogen and oxygen atoms in total. The van der Waals surface area contributed by atoms with Crippen LogP contribution in [0.3, 0.4) is 0 Å². The summed E-state index contributed by atoms with van der Waals surface area (Å²) in [6.45, 7) is 4.50. The van der Waals surface area contributed by atoms with Gasteiger partial charge >= 0.3 is 5.97 Å². The molecule has 1 N–H and O–H groups in total. The first-order valence-corrected chi connectivity index (χ1v) is 5.45. The number of fused-ring (bicyclic) bond motifs is 1. The summed E-state index contributed by atoms with van der Waals surface area (Å²) in [5.41, 5.74) is 2.23. The number of aromatic carboxylic acids is 1. The van der Waals surface area contributed by atoms with E-state index >= 15 is 0 Å². The second-order valence-corrected chi connectivity index (χ2v) is 4.11. The molecular formula is C12H12ClNO2. The van der Waals surface area contributed by atoms with Crippen molar-refractivity contribution in [1.29, 1.82) is 0 Å². The molecule has 1 aromatic carbocycles. The Bertz CT molecular complexity index is 572. The molecule has 0 unspecified atom stereocenters. The maximum absolute atomic E-state index is 11.1. The molecule has 0 aliphatic heterocycles. The first kappa shape index (κ1) is 11.0. The van der Waals surface area contributed by atoms with Gasteiger partial charge in [0, 0.05) is 17.0 Å². The minimum atomic E-state index is -0.923. The third kappa shape index (κ3) is 1.48. The van der Waals surface area contributed by atoms with Gasteiger partial charge in [-0.2, -0.15) is 0 Å². The van der Waals surface area contributed by atoms with E-state index in [1.165, 1.54) is 0 Å². The van der Waals surface area contributed by atoms with E-state index in [1.54, 1.807) is 16.7 Å². The molecule has 0 aliphatic carbocycles. The Labute approximate surface area is 98.3 Å². The van der Waals surface area contributed by atoms with Crippen LogP contribution in [0.4, 0.5) is 0 Å². The molecule has 0 saturated heterocycles. The number of aryl methyl sites for hydroxylation is 2. The van der Waals surface area contributed by atoms with Crippen LogP contribution < -0.4 is 0 Å². The highest BCUT2D eigenvalue weighted by atomic mass is 35.5. The average Bonchev–Trinajstić information content (AvgIpc) is 2.64. The Kier molecular flexibility index (Phi) is 2.64. The second kappa shape index (κ2) is 3.83. The van der Waals surface area contributed by atoms with Crippen molar-refractivity contribution in [2.24, 2.45) is 0 Å². The molecule has 0 radical (unpaired) electrons. The van der Waals surface area contributed by atoms with E-state index in [2.05, 4.69) is 0 Å². The first-order chi connectivity index (χ1) is 7.56.